The van der Waals surface area contributed by atoms with E-state index in [0.29, 0.717) is 23.5 Å². The van der Waals surface area contributed by atoms with E-state index in [-0.39, 0.29) is 17.1 Å². The zero-order valence-corrected chi connectivity index (χ0v) is 15.9. The molecule has 0 atom stereocenters. The molecule has 1 aromatic heterocycles. The van der Waals surface area contributed by atoms with Crippen molar-refractivity contribution in [3.63, 3.8) is 0 Å². The number of unbranched alkanes of at least 4 members (excludes halogenated alkanes) is 3. The molecule has 0 bridgehead atoms. The summed E-state index contributed by atoms with van der Waals surface area (Å²) in [6.07, 6.45) is 3.81. The molecule has 0 unspecified atom stereocenters. The Kier molecular flexibility index (Phi) is 7.12. The van der Waals surface area contributed by atoms with Crippen molar-refractivity contribution in [2.24, 2.45) is 10.2 Å². The number of methoxy groups -OCH3 is 1. The Morgan fingerprint density at radius 3 is 2.48 bits per heavy atom. The quantitative estimate of drug-likeness (QED) is 0.537. The summed E-state index contributed by atoms with van der Waals surface area (Å²) in [5, 5.41) is 27.9. The topological polar surface area (TPSA) is 100.0 Å². The maximum atomic E-state index is 12.8. The maximum absolute atomic E-state index is 12.8. The van der Waals surface area contributed by atoms with E-state index in [1.165, 1.54) is 4.57 Å². The van der Waals surface area contributed by atoms with Gasteiger partial charge >= 0.3 is 0 Å². The van der Waals surface area contributed by atoms with Crippen LogP contribution in [-0.4, -0.2) is 16.8 Å². The normalized spacial score (nSPS) is 10.9. The molecule has 0 saturated carbocycles. The first-order valence-corrected chi connectivity index (χ1v) is 8.95. The van der Waals surface area contributed by atoms with Crippen LogP contribution in [-0.2, 0) is 6.54 Å². The minimum atomic E-state index is -0.447. The second kappa shape index (κ2) is 9.53. The highest BCUT2D eigenvalue weighted by molar-refractivity contribution is 5.56. The average Bonchev–Trinajstić information content (AvgIpc) is 2.68. The van der Waals surface area contributed by atoms with E-state index >= 15 is 0 Å². The summed E-state index contributed by atoms with van der Waals surface area (Å²) in [5.41, 5.74) is 0.542. The standard InChI is InChI=1S/C20H24N4O3/c1-4-5-6-7-12-24-19(25)17(13-21)14(2)18(20(24)26)23-22-15-8-10-16(27-3)11-9-15/h8-11,25H,4-7,12H2,1-3H3. The van der Waals surface area contributed by atoms with Crippen molar-refractivity contribution in [3.05, 3.63) is 45.7 Å². The van der Waals surface area contributed by atoms with E-state index in [2.05, 4.69) is 17.2 Å². The molecule has 7 heteroatoms. The number of pyridine rings is 1. The van der Waals surface area contributed by atoms with E-state index in [4.69, 9.17) is 4.74 Å². The third kappa shape index (κ3) is 4.73. The highest BCUT2D eigenvalue weighted by Crippen LogP contribution is 2.27. The van der Waals surface area contributed by atoms with Crippen LogP contribution in [0.5, 0.6) is 11.6 Å². The third-order valence-corrected chi connectivity index (χ3v) is 4.34. The molecule has 0 amide bonds. The number of ether oxygens (including phenoxy) is 1. The first-order chi connectivity index (χ1) is 13.0. The molecule has 27 heavy (non-hydrogen) atoms. The van der Waals surface area contributed by atoms with Gasteiger partial charge in [0.1, 0.15) is 17.4 Å². The molecule has 0 spiro atoms. The molecule has 0 saturated heterocycles. The molecule has 0 aliphatic rings. The van der Waals surface area contributed by atoms with Crippen molar-refractivity contribution < 1.29 is 9.84 Å². The van der Waals surface area contributed by atoms with Crippen LogP contribution in [0, 0.1) is 18.3 Å². The molecule has 1 heterocycles. The van der Waals surface area contributed by atoms with Crippen LogP contribution in [0.15, 0.2) is 39.3 Å². The highest BCUT2D eigenvalue weighted by Gasteiger charge is 2.18. The van der Waals surface area contributed by atoms with Crippen molar-refractivity contribution in [3.8, 4) is 17.7 Å². The summed E-state index contributed by atoms with van der Waals surface area (Å²) < 4.78 is 6.31. The van der Waals surface area contributed by atoms with Gasteiger partial charge in [0.15, 0.2) is 5.69 Å². The summed E-state index contributed by atoms with van der Waals surface area (Å²) in [4.78, 5) is 12.8. The summed E-state index contributed by atoms with van der Waals surface area (Å²) in [5.74, 6) is 0.385. The number of hydrogen-bond donors (Lipinski definition) is 1. The number of nitrogens with zero attached hydrogens (tertiary/aromatic N) is 4. The van der Waals surface area contributed by atoms with Crippen LogP contribution in [0.25, 0.3) is 0 Å². The number of nitriles is 1. The van der Waals surface area contributed by atoms with Gasteiger partial charge in [0.25, 0.3) is 5.56 Å². The maximum Gasteiger partial charge on any atom is 0.281 e. The van der Waals surface area contributed by atoms with Crippen LogP contribution >= 0.6 is 0 Å². The Balaban J connectivity index is 2.40. The molecular weight excluding hydrogens is 344 g/mol. The lowest BCUT2D eigenvalue weighted by Crippen LogP contribution is -2.22. The number of rotatable bonds is 8. The van der Waals surface area contributed by atoms with E-state index in [9.17, 15) is 15.2 Å². The largest absolute Gasteiger partial charge is 0.497 e. The molecule has 2 aromatic rings. The lowest BCUT2D eigenvalue weighted by atomic mass is 10.1. The molecule has 1 aromatic carbocycles. The lowest BCUT2D eigenvalue weighted by molar-refractivity contribution is 0.397. The fraction of sp³-hybridized carbons (Fsp3) is 0.400. The predicted octanol–water partition coefficient (Wildman–Crippen LogP) is 4.74. The molecule has 0 radical (unpaired) electrons. The molecule has 142 valence electrons. The second-order valence-corrected chi connectivity index (χ2v) is 6.20. The number of aromatic nitrogens is 1. The first-order valence-electron chi connectivity index (χ1n) is 8.95. The third-order valence-electron chi connectivity index (χ3n) is 4.34. The summed E-state index contributed by atoms with van der Waals surface area (Å²) in [6.45, 7) is 4.02. The monoisotopic (exact) mass is 368 g/mol. The summed E-state index contributed by atoms with van der Waals surface area (Å²) in [7, 11) is 1.57. The van der Waals surface area contributed by atoms with Gasteiger partial charge in [-0.15, -0.1) is 5.11 Å². The minimum absolute atomic E-state index is 0.0498. The Labute approximate surface area is 158 Å². The van der Waals surface area contributed by atoms with Crippen LogP contribution in [0.3, 0.4) is 0 Å². The predicted molar refractivity (Wildman–Crippen MR) is 103 cm³/mol. The van der Waals surface area contributed by atoms with Gasteiger partial charge in [-0.1, -0.05) is 26.2 Å². The smallest absolute Gasteiger partial charge is 0.281 e. The molecule has 7 nitrogen and oxygen atoms in total. The Bertz CT molecular complexity index is 909. The molecule has 1 N–H and O–H groups in total. The SMILES string of the molecule is CCCCCCn1c(O)c(C#N)c(C)c(N=Nc2ccc(OC)cc2)c1=O. The number of hydrogen-bond acceptors (Lipinski definition) is 6. The van der Waals surface area contributed by atoms with E-state index in [0.717, 1.165) is 25.7 Å². The highest BCUT2D eigenvalue weighted by atomic mass is 16.5. The van der Waals surface area contributed by atoms with Gasteiger partial charge in [-0.05, 0) is 37.6 Å². The minimum Gasteiger partial charge on any atom is -0.497 e. The van der Waals surface area contributed by atoms with Gasteiger partial charge in [-0.25, -0.2) is 0 Å². The Morgan fingerprint density at radius 2 is 1.89 bits per heavy atom. The molecule has 0 fully saturated rings. The fourth-order valence-corrected chi connectivity index (χ4v) is 2.72. The number of aromatic hydroxyl groups is 1. The van der Waals surface area contributed by atoms with Gasteiger partial charge < -0.3 is 9.84 Å². The van der Waals surface area contributed by atoms with E-state index in [1.54, 1.807) is 38.3 Å². The van der Waals surface area contributed by atoms with Crippen molar-refractivity contribution in [1.29, 1.82) is 5.26 Å². The van der Waals surface area contributed by atoms with E-state index in [1.807, 2.05) is 6.07 Å². The van der Waals surface area contributed by atoms with Crippen molar-refractivity contribution in [2.75, 3.05) is 7.11 Å². The zero-order valence-electron chi connectivity index (χ0n) is 15.9. The Hall–Kier alpha value is -3.14. The van der Waals surface area contributed by atoms with Gasteiger partial charge in [-0.2, -0.15) is 10.4 Å². The molecular formula is C20H24N4O3. The average molecular weight is 368 g/mol. The zero-order chi connectivity index (χ0) is 19.8. The Morgan fingerprint density at radius 1 is 1.19 bits per heavy atom. The molecule has 0 aliphatic carbocycles. The molecule has 0 aliphatic heterocycles. The van der Waals surface area contributed by atoms with Gasteiger partial charge in [0.05, 0.1) is 12.8 Å². The van der Waals surface area contributed by atoms with Crippen LogP contribution in [0.1, 0.15) is 43.7 Å². The second-order valence-electron chi connectivity index (χ2n) is 6.20. The summed E-state index contributed by atoms with van der Waals surface area (Å²) >= 11 is 0. The van der Waals surface area contributed by atoms with Gasteiger partial charge in [-0.3, -0.25) is 9.36 Å². The fourth-order valence-electron chi connectivity index (χ4n) is 2.72. The van der Waals surface area contributed by atoms with E-state index < -0.39 is 5.56 Å². The van der Waals surface area contributed by atoms with Crippen LogP contribution < -0.4 is 10.3 Å². The first kappa shape index (κ1) is 20.2. The molecule has 2 rings (SSSR count). The summed E-state index contributed by atoms with van der Waals surface area (Å²) in [6, 6.07) is 8.87. The number of benzene rings is 1. The lowest BCUT2D eigenvalue weighted by Gasteiger charge is -2.12. The van der Waals surface area contributed by atoms with Crippen LogP contribution in [0.2, 0.25) is 0 Å². The van der Waals surface area contributed by atoms with Crippen molar-refractivity contribution >= 4 is 11.4 Å². The number of azo groups is 1. The van der Waals surface area contributed by atoms with Crippen LogP contribution in [0.4, 0.5) is 11.4 Å². The van der Waals surface area contributed by atoms with Gasteiger partial charge in [0, 0.05) is 12.1 Å². The van der Waals surface area contributed by atoms with Crippen molar-refractivity contribution in [2.45, 2.75) is 46.1 Å². The van der Waals surface area contributed by atoms with Gasteiger partial charge in [0.2, 0.25) is 5.88 Å². The van der Waals surface area contributed by atoms with Crippen molar-refractivity contribution in [1.82, 2.24) is 4.57 Å².